The fraction of sp³-hybridized carbons (Fsp3) is 0.343. The van der Waals surface area contributed by atoms with E-state index in [1.165, 1.54) is 0 Å². The SMILES string of the molecule is Cc1ccc(N(CCC(=O)NCCCCN2C(=Cc3sc4ccc(Cl)cc4[n+]3CCCS(=O)(=O)[O-])Sc3ccc(Cl)cc32)C(C)C(=O)[O-])cc1.[Na+]. The summed E-state index contributed by atoms with van der Waals surface area (Å²) in [6.45, 7) is 5.18. The predicted molar refractivity (Wildman–Crippen MR) is 199 cm³/mol. The zero-order chi connectivity index (χ0) is 36.0. The van der Waals surface area contributed by atoms with Gasteiger partial charge in [-0.2, -0.15) is 4.57 Å². The van der Waals surface area contributed by atoms with Gasteiger partial charge in [-0.3, -0.25) is 4.79 Å². The molecule has 1 aliphatic heterocycles. The summed E-state index contributed by atoms with van der Waals surface area (Å²) in [5, 5.41) is 17.6. The van der Waals surface area contributed by atoms with Crippen LogP contribution in [0.1, 0.15) is 43.2 Å². The maximum absolute atomic E-state index is 12.8. The van der Waals surface area contributed by atoms with Crippen LogP contribution in [-0.2, 0) is 26.3 Å². The molecule has 266 valence electrons. The minimum Gasteiger partial charge on any atom is -0.748 e. The number of fused-ring (bicyclic) bond motifs is 2. The van der Waals surface area contributed by atoms with E-state index in [2.05, 4.69) is 16.3 Å². The number of benzene rings is 3. The number of hydrogen-bond acceptors (Lipinski definition) is 10. The monoisotopic (exact) mass is 798 g/mol. The molecule has 3 aromatic carbocycles. The number of hydrogen-bond donors (Lipinski definition) is 1. The van der Waals surface area contributed by atoms with Gasteiger partial charge in [0, 0.05) is 64.9 Å². The first-order valence-corrected chi connectivity index (χ1v) is 20.1. The van der Waals surface area contributed by atoms with Crippen molar-refractivity contribution in [3.63, 3.8) is 0 Å². The average molecular weight is 800 g/mol. The molecule has 5 rings (SSSR count). The predicted octanol–water partition coefficient (Wildman–Crippen LogP) is 2.59. The molecule has 0 radical (unpaired) electrons. The van der Waals surface area contributed by atoms with Crippen LogP contribution in [0.2, 0.25) is 10.0 Å². The quantitative estimate of drug-likeness (QED) is 0.0786. The first-order chi connectivity index (χ1) is 23.8. The van der Waals surface area contributed by atoms with Crippen molar-refractivity contribution >= 4 is 96.0 Å². The summed E-state index contributed by atoms with van der Waals surface area (Å²) in [6, 6.07) is 17.9. The number of amides is 1. The Balaban J connectivity index is 0.00000583. The number of carboxylic acid groups (broad SMARTS) is 1. The van der Waals surface area contributed by atoms with Gasteiger partial charge in [-0.05, 0) is 69.2 Å². The van der Waals surface area contributed by atoms with Gasteiger partial charge in [-0.15, -0.1) is 0 Å². The van der Waals surface area contributed by atoms with E-state index in [4.69, 9.17) is 23.2 Å². The molecular weight excluding hydrogens is 763 g/mol. The summed E-state index contributed by atoms with van der Waals surface area (Å²) >= 11 is 15.9. The fourth-order valence-corrected chi connectivity index (χ4v) is 8.77. The minimum atomic E-state index is -4.35. The molecule has 51 heavy (non-hydrogen) atoms. The Labute approximate surface area is 338 Å². The Hall–Kier alpha value is -2.33. The molecule has 1 atom stereocenters. The third kappa shape index (κ3) is 11.3. The number of anilines is 2. The van der Waals surface area contributed by atoms with E-state index in [1.54, 1.807) is 34.9 Å². The molecule has 1 unspecified atom stereocenters. The number of halogens is 2. The van der Waals surface area contributed by atoms with Crippen molar-refractivity contribution in [2.75, 3.05) is 35.2 Å². The number of carbonyl (C=O) groups excluding carboxylic acids is 2. The van der Waals surface area contributed by atoms with Gasteiger partial charge in [0.25, 0.3) is 5.01 Å². The van der Waals surface area contributed by atoms with Crippen molar-refractivity contribution in [3.05, 3.63) is 86.3 Å². The summed E-state index contributed by atoms with van der Waals surface area (Å²) in [6.07, 6.45) is 3.83. The second kappa shape index (κ2) is 18.6. The topological polar surface area (TPSA) is 137 Å². The number of carbonyl (C=O) groups is 2. The molecule has 10 nitrogen and oxygen atoms in total. The van der Waals surface area contributed by atoms with E-state index < -0.39 is 27.9 Å². The number of thiazole rings is 1. The Morgan fingerprint density at radius 3 is 2.45 bits per heavy atom. The molecule has 1 aliphatic rings. The van der Waals surface area contributed by atoms with Crippen LogP contribution in [0.5, 0.6) is 0 Å². The summed E-state index contributed by atoms with van der Waals surface area (Å²) in [5.74, 6) is -1.83. The molecular formula is C35H37Cl2N4NaO6S3. The van der Waals surface area contributed by atoms with Crippen LogP contribution in [0.4, 0.5) is 11.4 Å². The second-order valence-electron chi connectivity index (χ2n) is 12.0. The molecule has 0 aliphatic carbocycles. The van der Waals surface area contributed by atoms with Crippen molar-refractivity contribution in [2.45, 2.75) is 57.0 Å². The zero-order valence-corrected chi connectivity index (χ0v) is 34.5. The van der Waals surface area contributed by atoms with Gasteiger partial charge in [0.05, 0.1) is 38.9 Å². The van der Waals surface area contributed by atoms with Gasteiger partial charge in [-0.25, -0.2) is 8.42 Å². The van der Waals surface area contributed by atoms with Crippen molar-refractivity contribution < 1.29 is 61.8 Å². The summed E-state index contributed by atoms with van der Waals surface area (Å²) in [7, 11) is -4.35. The Morgan fingerprint density at radius 1 is 1.04 bits per heavy atom. The zero-order valence-electron chi connectivity index (χ0n) is 28.6. The molecule has 1 aromatic heterocycles. The smallest absolute Gasteiger partial charge is 0.748 e. The third-order valence-electron chi connectivity index (χ3n) is 8.29. The van der Waals surface area contributed by atoms with Crippen molar-refractivity contribution in [2.24, 2.45) is 0 Å². The first-order valence-electron chi connectivity index (χ1n) is 16.1. The van der Waals surface area contributed by atoms with Crippen molar-refractivity contribution in [1.82, 2.24) is 5.32 Å². The number of rotatable bonds is 16. The van der Waals surface area contributed by atoms with Crippen molar-refractivity contribution in [1.29, 1.82) is 0 Å². The Kier molecular flexibility index (Phi) is 15.1. The largest absolute Gasteiger partial charge is 1.00 e. The number of nitrogens with one attached hydrogen (secondary N) is 1. The maximum Gasteiger partial charge on any atom is 1.00 e. The Morgan fingerprint density at radius 2 is 1.75 bits per heavy atom. The fourth-order valence-electron chi connectivity index (χ4n) is 5.67. The number of thioether (sulfide) groups is 1. The van der Waals surface area contributed by atoms with Gasteiger partial charge < -0.3 is 29.6 Å². The van der Waals surface area contributed by atoms with E-state index in [1.807, 2.05) is 72.2 Å². The van der Waals surface area contributed by atoms with Crippen LogP contribution in [-0.4, -0.2) is 56.3 Å². The molecule has 1 amide bonds. The van der Waals surface area contributed by atoms with Crippen LogP contribution < -0.4 is 54.3 Å². The molecule has 16 heteroatoms. The summed E-state index contributed by atoms with van der Waals surface area (Å²) in [5.41, 5.74) is 3.60. The van der Waals surface area contributed by atoms with E-state index in [-0.39, 0.29) is 54.9 Å². The average Bonchev–Trinajstić information content (AvgIpc) is 3.57. The van der Waals surface area contributed by atoms with Crippen LogP contribution in [0.25, 0.3) is 16.3 Å². The molecule has 2 heterocycles. The number of unbranched alkanes of at least 4 members (excludes halogenated alkanes) is 1. The van der Waals surface area contributed by atoms with Crippen LogP contribution in [0.15, 0.2) is 70.6 Å². The van der Waals surface area contributed by atoms with Gasteiger partial charge in [0.1, 0.15) is 4.70 Å². The molecule has 0 saturated carbocycles. The van der Waals surface area contributed by atoms with E-state index in [9.17, 15) is 27.7 Å². The van der Waals surface area contributed by atoms with Gasteiger partial charge in [0.15, 0.2) is 6.54 Å². The molecule has 0 spiro atoms. The van der Waals surface area contributed by atoms with Gasteiger partial charge >= 0.3 is 29.6 Å². The standard InChI is InChI=1S/C35H38Cl2N4O6S3.Na/c1-23-6-10-27(11-7-23)39(24(2)35(43)44)18-14-32(42)38-15-3-4-16-40-28-20-25(36)8-12-30(28)48-33(40)22-34-41(17-5-19-50(45,46)47)29-21-26(37)9-13-31(29)49-34;/h6-13,20-22,24H,3-5,14-19H2,1-2H3,(H2-,38,42,43,44,45,46,47);/q;+1/p-1. The van der Waals surface area contributed by atoms with Crippen LogP contribution in [0, 0.1) is 6.92 Å². The molecule has 1 N–H and O–H groups in total. The normalized spacial score (nSPS) is 14.0. The van der Waals surface area contributed by atoms with Gasteiger partial charge in [-0.1, -0.05) is 64.0 Å². The van der Waals surface area contributed by atoms with Crippen LogP contribution in [0.3, 0.4) is 0 Å². The van der Waals surface area contributed by atoms with E-state index >= 15 is 0 Å². The van der Waals surface area contributed by atoms with Crippen LogP contribution >= 0.6 is 46.3 Å². The van der Waals surface area contributed by atoms with Crippen molar-refractivity contribution in [3.8, 4) is 0 Å². The molecule has 0 bridgehead atoms. The first kappa shape index (κ1) is 41.4. The molecule has 4 aromatic rings. The van der Waals surface area contributed by atoms with E-state index in [0.717, 1.165) is 42.8 Å². The number of carboxylic acids is 1. The number of aliphatic carboxylic acids is 1. The van der Waals surface area contributed by atoms with Gasteiger partial charge in [0.2, 0.25) is 11.4 Å². The maximum atomic E-state index is 12.8. The minimum absolute atomic E-state index is 0. The summed E-state index contributed by atoms with van der Waals surface area (Å²) < 4.78 is 37.0. The summed E-state index contributed by atoms with van der Waals surface area (Å²) in [4.78, 5) is 29.3. The number of aromatic nitrogens is 1. The Bertz CT molecular complexity index is 2010. The van der Waals surface area contributed by atoms with E-state index in [0.29, 0.717) is 41.8 Å². The third-order valence-corrected chi connectivity index (χ3v) is 11.8. The number of aryl methyl sites for hydroxylation is 2. The molecule has 0 fully saturated rings. The second-order valence-corrected chi connectivity index (χ2v) is 16.5. The number of nitrogens with zero attached hydrogens (tertiary/aromatic N) is 3. The molecule has 0 saturated heterocycles.